The number of allylic oxidation sites excluding steroid dienone is 1. The molecule has 0 saturated carbocycles. The molecule has 0 N–H and O–H groups in total. The van der Waals surface area contributed by atoms with Gasteiger partial charge < -0.3 is 0 Å². The van der Waals surface area contributed by atoms with Crippen LogP contribution in [0.15, 0.2) is 30.3 Å². The Morgan fingerprint density at radius 3 is 2.62 bits per heavy atom. The molecule has 1 aliphatic carbocycles. The van der Waals surface area contributed by atoms with Crippen molar-refractivity contribution in [1.29, 1.82) is 0 Å². The first-order valence-corrected chi connectivity index (χ1v) is 4.41. The molecule has 1 aliphatic rings. The van der Waals surface area contributed by atoms with Gasteiger partial charge in [0.05, 0.1) is 0 Å². The van der Waals surface area contributed by atoms with E-state index in [1.165, 1.54) is 0 Å². The Balaban J connectivity index is 2.55. The molecule has 1 aromatic rings. The summed E-state index contributed by atoms with van der Waals surface area (Å²) in [5, 5.41) is 0. The van der Waals surface area contributed by atoms with Crippen molar-refractivity contribution in [1.82, 2.24) is 0 Å². The SMILES string of the molecule is FC(F)=C1CCCc2ccccc21. The molecule has 0 heterocycles. The average molecular weight is 180 g/mol. The molecule has 0 unspecified atom stereocenters. The molecule has 0 radical (unpaired) electrons. The number of halogens is 2. The molecule has 2 rings (SSSR count). The van der Waals surface area contributed by atoms with E-state index in [-0.39, 0.29) is 5.57 Å². The van der Waals surface area contributed by atoms with Gasteiger partial charge in [0.1, 0.15) is 0 Å². The van der Waals surface area contributed by atoms with Gasteiger partial charge in [-0.05, 0) is 30.4 Å². The molecule has 1 aromatic carbocycles. The van der Waals surface area contributed by atoms with Crippen molar-refractivity contribution in [3.8, 4) is 0 Å². The van der Waals surface area contributed by atoms with Crippen molar-refractivity contribution < 1.29 is 8.78 Å². The second kappa shape index (κ2) is 3.29. The fraction of sp³-hybridized carbons (Fsp3) is 0.273. The van der Waals surface area contributed by atoms with E-state index in [2.05, 4.69) is 0 Å². The Bertz CT molecular complexity index is 349. The first kappa shape index (κ1) is 8.42. The lowest BCUT2D eigenvalue weighted by atomic mass is 9.88. The molecule has 0 aromatic heterocycles. The Hall–Kier alpha value is -1.18. The van der Waals surface area contributed by atoms with Crippen LogP contribution in [0.5, 0.6) is 0 Å². The Labute approximate surface area is 75.9 Å². The summed E-state index contributed by atoms with van der Waals surface area (Å²) in [6.45, 7) is 0. The molecule has 0 atom stereocenters. The standard InChI is InChI=1S/C11H10F2/c12-11(13)10-7-3-5-8-4-1-2-6-9(8)10/h1-2,4,6H,3,5,7H2. The minimum atomic E-state index is -1.52. The van der Waals surface area contributed by atoms with Gasteiger partial charge in [0.2, 0.25) is 0 Å². The topological polar surface area (TPSA) is 0 Å². The zero-order chi connectivity index (χ0) is 9.26. The number of hydrogen-bond donors (Lipinski definition) is 0. The minimum Gasteiger partial charge on any atom is -0.173 e. The molecule has 13 heavy (non-hydrogen) atoms. The van der Waals surface area contributed by atoms with Crippen molar-refractivity contribution in [3.63, 3.8) is 0 Å². The fourth-order valence-corrected chi connectivity index (χ4v) is 1.82. The zero-order valence-electron chi connectivity index (χ0n) is 7.19. The van der Waals surface area contributed by atoms with E-state index >= 15 is 0 Å². The summed E-state index contributed by atoms with van der Waals surface area (Å²) in [6, 6.07) is 7.42. The summed E-state index contributed by atoms with van der Waals surface area (Å²) in [4.78, 5) is 0. The predicted octanol–water partition coefficient (Wildman–Crippen LogP) is 3.63. The van der Waals surface area contributed by atoms with Crippen LogP contribution >= 0.6 is 0 Å². The highest BCUT2D eigenvalue weighted by Crippen LogP contribution is 2.33. The zero-order valence-corrected chi connectivity index (χ0v) is 7.19. The van der Waals surface area contributed by atoms with Crippen LogP contribution in [-0.4, -0.2) is 0 Å². The lowest BCUT2D eigenvalue weighted by Gasteiger charge is -2.17. The smallest absolute Gasteiger partial charge is 0.173 e. The highest BCUT2D eigenvalue weighted by atomic mass is 19.3. The molecule has 0 amide bonds. The van der Waals surface area contributed by atoms with Crippen LogP contribution in [0.25, 0.3) is 5.57 Å². The van der Waals surface area contributed by atoms with Crippen LogP contribution in [-0.2, 0) is 6.42 Å². The summed E-state index contributed by atoms with van der Waals surface area (Å²) in [6.07, 6.45) is 0.753. The van der Waals surface area contributed by atoms with Gasteiger partial charge in [0.15, 0.2) is 0 Å². The van der Waals surface area contributed by atoms with Gasteiger partial charge in [0, 0.05) is 5.57 Å². The Morgan fingerprint density at radius 1 is 1.08 bits per heavy atom. The lowest BCUT2D eigenvalue weighted by Crippen LogP contribution is -2.01. The summed E-state index contributed by atoms with van der Waals surface area (Å²) in [7, 11) is 0. The number of hydrogen-bond acceptors (Lipinski definition) is 0. The van der Waals surface area contributed by atoms with Gasteiger partial charge in [-0.1, -0.05) is 24.3 Å². The Morgan fingerprint density at radius 2 is 1.85 bits per heavy atom. The van der Waals surface area contributed by atoms with Crippen LogP contribution < -0.4 is 0 Å². The summed E-state index contributed by atoms with van der Waals surface area (Å²) < 4.78 is 25.0. The van der Waals surface area contributed by atoms with Crippen molar-refractivity contribution in [3.05, 3.63) is 41.5 Å². The van der Waals surface area contributed by atoms with Gasteiger partial charge in [-0.25, -0.2) is 0 Å². The van der Waals surface area contributed by atoms with Crippen molar-refractivity contribution >= 4 is 5.57 Å². The van der Waals surface area contributed by atoms with E-state index in [0.29, 0.717) is 6.42 Å². The van der Waals surface area contributed by atoms with Crippen molar-refractivity contribution in [2.75, 3.05) is 0 Å². The molecular weight excluding hydrogens is 170 g/mol. The third-order valence-electron chi connectivity index (χ3n) is 2.44. The minimum absolute atomic E-state index is 0.238. The normalized spacial score (nSPS) is 15.4. The first-order chi connectivity index (χ1) is 6.29. The quantitative estimate of drug-likeness (QED) is 0.572. The van der Waals surface area contributed by atoms with Crippen LogP contribution in [0.1, 0.15) is 24.0 Å². The van der Waals surface area contributed by atoms with Gasteiger partial charge in [-0.3, -0.25) is 0 Å². The molecule has 0 nitrogen and oxygen atoms in total. The van der Waals surface area contributed by atoms with Crippen LogP contribution in [0.2, 0.25) is 0 Å². The van der Waals surface area contributed by atoms with Crippen molar-refractivity contribution in [2.45, 2.75) is 19.3 Å². The third-order valence-corrected chi connectivity index (χ3v) is 2.44. The highest BCUT2D eigenvalue weighted by Gasteiger charge is 2.17. The van der Waals surface area contributed by atoms with E-state index in [1.807, 2.05) is 18.2 Å². The molecule has 68 valence electrons. The lowest BCUT2D eigenvalue weighted by molar-refractivity contribution is 0.421. The van der Waals surface area contributed by atoms with E-state index in [1.54, 1.807) is 6.07 Å². The molecule has 0 saturated heterocycles. The van der Waals surface area contributed by atoms with E-state index < -0.39 is 6.08 Å². The maximum Gasteiger partial charge on any atom is 0.274 e. The molecule has 0 bridgehead atoms. The molecule has 0 fully saturated rings. The first-order valence-electron chi connectivity index (χ1n) is 4.41. The fourth-order valence-electron chi connectivity index (χ4n) is 1.82. The van der Waals surface area contributed by atoms with Crippen molar-refractivity contribution in [2.24, 2.45) is 0 Å². The van der Waals surface area contributed by atoms with E-state index in [9.17, 15) is 8.78 Å². The summed E-state index contributed by atoms with van der Waals surface area (Å²) in [5.74, 6) is 0. The second-order valence-electron chi connectivity index (χ2n) is 3.25. The molecule has 0 aliphatic heterocycles. The number of aryl methyl sites for hydroxylation is 1. The predicted molar refractivity (Wildman–Crippen MR) is 48.5 cm³/mol. The van der Waals surface area contributed by atoms with Crippen LogP contribution in [0.3, 0.4) is 0 Å². The summed E-state index contributed by atoms with van der Waals surface area (Å²) >= 11 is 0. The number of benzene rings is 1. The van der Waals surface area contributed by atoms with Crippen LogP contribution in [0, 0.1) is 0 Å². The molecular formula is C11H10F2. The average Bonchev–Trinajstić information content (AvgIpc) is 2.17. The van der Waals surface area contributed by atoms with Gasteiger partial charge in [0.25, 0.3) is 6.08 Å². The number of rotatable bonds is 0. The third kappa shape index (κ3) is 1.48. The monoisotopic (exact) mass is 180 g/mol. The van der Waals surface area contributed by atoms with E-state index in [4.69, 9.17) is 0 Å². The maximum atomic E-state index is 12.5. The van der Waals surface area contributed by atoms with Gasteiger partial charge >= 0.3 is 0 Å². The van der Waals surface area contributed by atoms with E-state index in [0.717, 1.165) is 24.0 Å². The van der Waals surface area contributed by atoms with Crippen LogP contribution in [0.4, 0.5) is 8.78 Å². The largest absolute Gasteiger partial charge is 0.274 e. The highest BCUT2D eigenvalue weighted by molar-refractivity contribution is 5.70. The maximum absolute atomic E-state index is 12.5. The molecule has 0 spiro atoms. The van der Waals surface area contributed by atoms with Gasteiger partial charge in [-0.15, -0.1) is 0 Å². The van der Waals surface area contributed by atoms with Gasteiger partial charge in [-0.2, -0.15) is 8.78 Å². The Kier molecular flexibility index (Phi) is 2.13. The second-order valence-corrected chi connectivity index (χ2v) is 3.25. The molecule has 2 heteroatoms. The summed E-state index contributed by atoms with van der Waals surface area (Å²) in [5.41, 5.74) is 2.03. The number of fused-ring (bicyclic) bond motifs is 1.